The molecule has 0 N–H and O–H groups in total. The fourth-order valence-electron chi connectivity index (χ4n) is 21.2. The van der Waals surface area contributed by atoms with Gasteiger partial charge in [-0.3, -0.25) is 9.59 Å². The van der Waals surface area contributed by atoms with Crippen molar-refractivity contribution in [3.8, 4) is 0 Å². The molecule has 52 heavy (non-hydrogen) atoms. The lowest BCUT2D eigenvalue weighted by atomic mass is 9.48. The Labute approximate surface area is 315 Å². The quantitative estimate of drug-likeness (QED) is 0.276. The predicted molar refractivity (Wildman–Crippen MR) is 203 cm³/mol. The van der Waals surface area contributed by atoms with Crippen molar-refractivity contribution in [1.29, 1.82) is 0 Å². The SMILES string of the molecule is O=C(C1CCC(C(=O)N(C23CC4CC(CC(C4)C2)C3)C23CC4CC(CC(C4)C2)C3)CC1)N(C12CC3CC(CC(C3)C1)C2)C12CC3CC(CC(C3)C1)C2. The van der Waals surface area contributed by atoms with Crippen molar-refractivity contribution in [2.24, 2.45) is 82.9 Å². The van der Waals surface area contributed by atoms with Crippen molar-refractivity contribution in [3.63, 3.8) is 0 Å². The summed E-state index contributed by atoms with van der Waals surface area (Å²) in [7, 11) is 0. The van der Waals surface area contributed by atoms with Crippen LogP contribution in [0.5, 0.6) is 0 Å². The molecule has 0 spiro atoms. The van der Waals surface area contributed by atoms with Crippen molar-refractivity contribution < 1.29 is 9.59 Å². The van der Waals surface area contributed by atoms with Gasteiger partial charge in [0.15, 0.2) is 0 Å². The molecule has 17 rings (SSSR count). The van der Waals surface area contributed by atoms with Crippen LogP contribution in [0.1, 0.15) is 180 Å². The molecule has 0 aromatic rings. The monoisotopic (exact) mass is 707 g/mol. The lowest BCUT2D eigenvalue weighted by molar-refractivity contribution is -0.199. The summed E-state index contributed by atoms with van der Waals surface area (Å²) in [4.78, 5) is 36.9. The number of carbonyl (C=O) groups is 2. The van der Waals surface area contributed by atoms with Gasteiger partial charge in [0.05, 0.1) is 0 Å². The van der Waals surface area contributed by atoms with Gasteiger partial charge in [0.1, 0.15) is 0 Å². The van der Waals surface area contributed by atoms with Crippen LogP contribution in [0, 0.1) is 82.9 Å². The number of carbonyl (C=O) groups excluding carboxylic acids is 2. The average Bonchev–Trinajstić information content (AvgIpc) is 3.05. The minimum Gasteiger partial charge on any atom is -0.331 e. The molecule has 4 nitrogen and oxygen atoms in total. The molecule has 0 aromatic carbocycles. The molecule has 0 atom stereocenters. The highest BCUT2D eigenvalue weighted by molar-refractivity contribution is 5.83. The second-order valence-corrected chi connectivity index (χ2v) is 24.5. The topological polar surface area (TPSA) is 40.6 Å². The second-order valence-electron chi connectivity index (χ2n) is 24.5. The standard InChI is InChI=1S/C48H70N2O2/c51-43(49(45-17-29-5-30(18-45)7-31(6-29)19-45)46-20-32-8-33(21-46)10-34(9-32)22-46)41-1-2-42(4-3-41)44(52)50(47-23-35-11-36(24-47)13-37(12-35)25-47)48-26-38-14-39(27-48)16-40(15-38)28-48/h29-42H,1-28H2. The number of hydrogen-bond donors (Lipinski definition) is 0. The molecule has 17 aliphatic carbocycles. The fourth-order valence-corrected chi connectivity index (χ4v) is 21.2. The van der Waals surface area contributed by atoms with E-state index < -0.39 is 0 Å². The van der Waals surface area contributed by atoms with Crippen LogP contribution >= 0.6 is 0 Å². The van der Waals surface area contributed by atoms with Crippen molar-refractivity contribution in [2.75, 3.05) is 0 Å². The average molecular weight is 707 g/mol. The predicted octanol–water partition coefficient (Wildman–Crippen LogP) is 10.3. The van der Waals surface area contributed by atoms with E-state index in [9.17, 15) is 0 Å². The summed E-state index contributed by atoms with van der Waals surface area (Å²) in [6.45, 7) is 0. The van der Waals surface area contributed by atoms with Crippen molar-refractivity contribution >= 4 is 11.8 Å². The molecule has 4 heteroatoms. The van der Waals surface area contributed by atoms with Gasteiger partial charge in [-0.25, -0.2) is 0 Å². The van der Waals surface area contributed by atoms with Gasteiger partial charge in [0, 0.05) is 34.0 Å². The third kappa shape index (κ3) is 4.57. The van der Waals surface area contributed by atoms with E-state index in [4.69, 9.17) is 0 Å². The van der Waals surface area contributed by atoms with Crippen LogP contribution in [0.25, 0.3) is 0 Å². The summed E-state index contributed by atoms with van der Waals surface area (Å²) in [6, 6.07) is 0. The molecule has 0 heterocycles. The smallest absolute Gasteiger partial charge is 0.226 e. The Bertz CT molecular complexity index is 1180. The molecule has 17 aliphatic rings. The Hall–Kier alpha value is -1.06. The lowest BCUT2D eigenvalue weighted by Crippen LogP contribution is -2.73. The third-order valence-corrected chi connectivity index (χ3v) is 20.8. The zero-order valence-corrected chi connectivity index (χ0v) is 32.6. The normalized spacial score (nSPS) is 58.2. The maximum Gasteiger partial charge on any atom is 0.226 e. The van der Waals surface area contributed by atoms with E-state index in [1.165, 1.54) is 154 Å². The van der Waals surface area contributed by atoms with E-state index >= 15 is 9.59 Å². The van der Waals surface area contributed by atoms with Gasteiger partial charge in [-0.1, -0.05) is 0 Å². The molecule has 17 saturated carbocycles. The number of nitrogens with zero attached hydrogens (tertiary/aromatic N) is 2. The van der Waals surface area contributed by atoms with Crippen LogP contribution in [0.3, 0.4) is 0 Å². The Morgan fingerprint density at radius 1 is 0.288 bits per heavy atom. The van der Waals surface area contributed by atoms with Gasteiger partial charge in [-0.2, -0.15) is 0 Å². The largest absolute Gasteiger partial charge is 0.331 e. The van der Waals surface area contributed by atoms with Crippen LogP contribution in [0.15, 0.2) is 0 Å². The molecular weight excluding hydrogens is 637 g/mol. The molecule has 17 fully saturated rings. The highest BCUT2D eigenvalue weighted by Gasteiger charge is 2.66. The summed E-state index contributed by atoms with van der Waals surface area (Å²) in [5.74, 6) is 12.1. The first kappa shape index (κ1) is 32.1. The maximum atomic E-state index is 15.6. The number of amides is 2. The highest BCUT2D eigenvalue weighted by atomic mass is 16.2. The second kappa shape index (κ2) is 10.9. The van der Waals surface area contributed by atoms with Gasteiger partial charge in [0.25, 0.3) is 0 Å². The van der Waals surface area contributed by atoms with Crippen molar-refractivity contribution in [3.05, 3.63) is 0 Å². The van der Waals surface area contributed by atoms with Crippen LogP contribution in [0.2, 0.25) is 0 Å². The Morgan fingerprint density at radius 2 is 0.442 bits per heavy atom. The number of rotatable bonds is 6. The molecule has 16 bridgehead atoms. The molecule has 0 saturated heterocycles. The molecule has 2 amide bonds. The van der Waals surface area contributed by atoms with E-state index in [1.54, 1.807) is 0 Å². The van der Waals surface area contributed by atoms with Crippen LogP contribution in [0.4, 0.5) is 0 Å². The summed E-state index contributed by atoms with van der Waals surface area (Å²) in [5, 5.41) is 0. The minimum atomic E-state index is 0.164. The Morgan fingerprint density at radius 3 is 0.596 bits per heavy atom. The number of hydrogen-bond acceptors (Lipinski definition) is 2. The van der Waals surface area contributed by atoms with Gasteiger partial charge in [0.2, 0.25) is 11.8 Å². The van der Waals surface area contributed by atoms with E-state index in [2.05, 4.69) is 9.80 Å². The summed E-state index contributed by atoms with van der Waals surface area (Å²) in [6.07, 6.45) is 37.3. The van der Waals surface area contributed by atoms with Gasteiger partial charge >= 0.3 is 0 Å². The molecule has 0 radical (unpaired) electrons. The first-order valence-corrected chi connectivity index (χ1v) is 23.9. The third-order valence-electron chi connectivity index (χ3n) is 20.8. The van der Waals surface area contributed by atoms with Gasteiger partial charge in [-0.05, 0) is 251 Å². The molecule has 284 valence electrons. The maximum absolute atomic E-state index is 15.6. The van der Waals surface area contributed by atoms with E-state index in [1.807, 2.05) is 0 Å². The highest BCUT2D eigenvalue weighted by Crippen LogP contribution is 2.67. The summed E-state index contributed by atoms with van der Waals surface area (Å²) >= 11 is 0. The molecule has 0 aliphatic heterocycles. The Kier molecular flexibility index (Phi) is 6.70. The first-order valence-electron chi connectivity index (χ1n) is 23.9. The van der Waals surface area contributed by atoms with Crippen LogP contribution in [-0.2, 0) is 9.59 Å². The van der Waals surface area contributed by atoms with Crippen LogP contribution in [-0.4, -0.2) is 43.8 Å². The molecule has 0 unspecified atom stereocenters. The van der Waals surface area contributed by atoms with Gasteiger partial charge in [-0.15, -0.1) is 0 Å². The molecule has 0 aromatic heterocycles. The summed E-state index contributed by atoms with van der Waals surface area (Å²) in [5.41, 5.74) is 0.659. The zero-order chi connectivity index (χ0) is 34.2. The van der Waals surface area contributed by atoms with E-state index in [-0.39, 0.29) is 34.0 Å². The van der Waals surface area contributed by atoms with Gasteiger partial charge < -0.3 is 9.80 Å². The molecular formula is C48H70N2O2. The summed E-state index contributed by atoms with van der Waals surface area (Å²) < 4.78 is 0. The van der Waals surface area contributed by atoms with Crippen molar-refractivity contribution in [2.45, 2.75) is 202 Å². The van der Waals surface area contributed by atoms with Crippen molar-refractivity contribution in [1.82, 2.24) is 9.80 Å². The van der Waals surface area contributed by atoms with E-state index in [0.717, 1.165) is 96.7 Å². The first-order chi connectivity index (χ1) is 25.2. The van der Waals surface area contributed by atoms with Crippen LogP contribution < -0.4 is 0 Å². The minimum absolute atomic E-state index is 0.164. The zero-order valence-electron chi connectivity index (χ0n) is 32.6. The Balaban J connectivity index is 0.804. The van der Waals surface area contributed by atoms with E-state index in [0.29, 0.717) is 11.8 Å². The lowest BCUT2D eigenvalue weighted by Gasteiger charge is -2.69. The fraction of sp³-hybridized carbons (Fsp3) is 0.958.